The predicted octanol–water partition coefficient (Wildman–Crippen LogP) is 5.22. The van der Waals surface area contributed by atoms with Crippen LogP contribution in [0.15, 0.2) is 24.5 Å². The number of hydrogen-bond acceptors (Lipinski definition) is 5. The molecule has 1 aromatic heterocycles. The summed E-state index contributed by atoms with van der Waals surface area (Å²) in [7, 11) is 0. The van der Waals surface area contributed by atoms with Gasteiger partial charge in [0.15, 0.2) is 5.78 Å². The monoisotopic (exact) mass is 453 g/mol. The number of Topliss-reactive ketones (excluding diaryl/α,β-unsaturated/α-hetero) is 1. The first-order valence-electron chi connectivity index (χ1n) is 13.0. The summed E-state index contributed by atoms with van der Waals surface area (Å²) in [5, 5.41) is 11.6. The molecule has 0 aliphatic heterocycles. The van der Waals surface area contributed by atoms with E-state index in [1.807, 2.05) is 0 Å². The maximum atomic E-state index is 12.6. The van der Waals surface area contributed by atoms with Crippen molar-refractivity contribution in [2.24, 2.45) is 40.4 Å². The SMILES string of the molecule is CC(=O)[C@@]1(O)[C@H](C)C[C@H]2[C@@H]3CC[C@H]4C[C@@H](OC(=O)c5cccnc5)CC[C@]4(C)[C@H]3CC[C@@]21C. The number of hydrogen-bond donors (Lipinski definition) is 1. The molecule has 0 unspecified atom stereocenters. The molecular weight excluding hydrogens is 414 g/mol. The number of esters is 1. The normalized spacial score (nSPS) is 46.6. The molecule has 9 atom stereocenters. The first-order chi connectivity index (χ1) is 15.6. The molecule has 5 rings (SSSR count). The van der Waals surface area contributed by atoms with E-state index in [0.717, 1.165) is 51.4 Å². The number of aliphatic hydroxyl groups is 1. The van der Waals surface area contributed by atoms with Crippen LogP contribution in [0.25, 0.3) is 0 Å². The van der Waals surface area contributed by atoms with Gasteiger partial charge >= 0.3 is 5.97 Å². The maximum Gasteiger partial charge on any atom is 0.339 e. The van der Waals surface area contributed by atoms with Crippen LogP contribution in [0.2, 0.25) is 0 Å². The largest absolute Gasteiger partial charge is 0.459 e. The van der Waals surface area contributed by atoms with Crippen molar-refractivity contribution < 1.29 is 19.4 Å². The number of carbonyl (C=O) groups is 2. The molecule has 0 amide bonds. The van der Waals surface area contributed by atoms with Crippen LogP contribution < -0.4 is 0 Å². The molecule has 1 aromatic rings. The number of fused-ring (bicyclic) bond motifs is 5. The van der Waals surface area contributed by atoms with Gasteiger partial charge in [-0.2, -0.15) is 0 Å². The Hall–Kier alpha value is -1.75. The van der Waals surface area contributed by atoms with Crippen molar-refractivity contribution in [1.29, 1.82) is 0 Å². The van der Waals surface area contributed by atoms with Crippen LogP contribution >= 0.6 is 0 Å². The van der Waals surface area contributed by atoms with Crippen molar-refractivity contribution >= 4 is 11.8 Å². The molecule has 0 radical (unpaired) electrons. The summed E-state index contributed by atoms with van der Waals surface area (Å²) < 4.78 is 5.91. The standard InChI is InChI=1S/C28H39NO4/c1-17-14-24-22-8-7-20-15-21(33-25(31)19-6-5-13-29-16-19)9-11-26(20,3)23(22)10-12-27(24,4)28(17,32)18(2)30/h5-6,13,16-17,20-24,32H,7-12,14-15H2,1-4H3/t17-,20+,21+,22-,23+,24+,26+,27+,28+/m1/s1. The Balaban J connectivity index is 1.32. The smallest absolute Gasteiger partial charge is 0.339 e. The van der Waals surface area contributed by atoms with Crippen molar-refractivity contribution in [1.82, 2.24) is 4.98 Å². The second kappa shape index (κ2) is 7.90. The molecule has 4 saturated carbocycles. The minimum atomic E-state index is -1.18. The van der Waals surface area contributed by atoms with Gasteiger partial charge in [-0.05, 0) is 105 Å². The molecule has 4 aliphatic carbocycles. The molecular formula is C28H39NO4. The van der Waals surface area contributed by atoms with E-state index in [1.165, 1.54) is 0 Å². The molecule has 0 saturated heterocycles. The quantitative estimate of drug-likeness (QED) is 0.635. The molecule has 0 spiro atoms. The Morgan fingerprint density at radius 1 is 1.09 bits per heavy atom. The Morgan fingerprint density at radius 3 is 2.58 bits per heavy atom. The summed E-state index contributed by atoms with van der Waals surface area (Å²) >= 11 is 0. The summed E-state index contributed by atoms with van der Waals surface area (Å²) in [5.74, 6) is 1.91. The van der Waals surface area contributed by atoms with Crippen molar-refractivity contribution in [3.8, 4) is 0 Å². The fourth-order valence-corrected chi connectivity index (χ4v) is 9.12. The van der Waals surface area contributed by atoms with E-state index in [9.17, 15) is 14.7 Å². The van der Waals surface area contributed by atoms with Gasteiger partial charge in [-0.3, -0.25) is 9.78 Å². The zero-order valence-electron chi connectivity index (χ0n) is 20.5. The topological polar surface area (TPSA) is 76.5 Å². The van der Waals surface area contributed by atoms with Crippen molar-refractivity contribution in [2.75, 3.05) is 0 Å². The lowest BCUT2D eigenvalue weighted by atomic mass is 9.44. The van der Waals surface area contributed by atoms with E-state index >= 15 is 0 Å². The zero-order chi connectivity index (χ0) is 23.6. The molecule has 1 heterocycles. The van der Waals surface area contributed by atoms with E-state index in [0.29, 0.717) is 29.2 Å². The Bertz CT molecular complexity index is 933. The van der Waals surface area contributed by atoms with Gasteiger partial charge in [0.05, 0.1) is 5.56 Å². The van der Waals surface area contributed by atoms with Gasteiger partial charge in [-0.1, -0.05) is 20.8 Å². The lowest BCUT2D eigenvalue weighted by Gasteiger charge is -2.61. The number of carbonyl (C=O) groups excluding carboxylic acids is 2. The zero-order valence-corrected chi connectivity index (χ0v) is 20.5. The highest BCUT2D eigenvalue weighted by molar-refractivity contribution is 5.89. The van der Waals surface area contributed by atoms with E-state index in [2.05, 4.69) is 25.8 Å². The van der Waals surface area contributed by atoms with Crippen LogP contribution in [-0.2, 0) is 9.53 Å². The van der Waals surface area contributed by atoms with Gasteiger partial charge in [0.1, 0.15) is 11.7 Å². The maximum absolute atomic E-state index is 12.6. The third kappa shape index (κ3) is 3.25. The predicted molar refractivity (Wildman–Crippen MR) is 125 cm³/mol. The minimum Gasteiger partial charge on any atom is -0.459 e. The van der Waals surface area contributed by atoms with Crippen LogP contribution in [0, 0.1) is 40.4 Å². The van der Waals surface area contributed by atoms with Crippen molar-refractivity contribution in [2.45, 2.75) is 90.8 Å². The number of nitrogens with zero attached hydrogens (tertiary/aromatic N) is 1. The van der Waals surface area contributed by atoms with E-state index in [4.69, 9.17) is 4.74 Å². The van der Waals surface area contributed by atoms with Crippen LogP contribution in [0.3, 0.4) is 0 Å². The van der Waals surface area contributed by atoms with Crippen LogP contribution in [0.5, 0.6) is 0 Å². The molecule has 4 fully saturated rings. The fraction of sp³-hybridized carbons (Fsp3) is 0.750. The minimum absolute atomic E-state index is 0.0181. The van der Waals surface area contributed by atoms with Gasteiger partial charge in [0.25, 0.3) is 0 Å². The van der Waals surface area contributed by atoms with Gasteiger partial charge in [-0.25, -0.2) is 4.79 Å². The summed E-state index contributed by atoms with van der Waals surface area (Å²) in [5.41, 5.74) is -0.714. The van der Waals surface area contributed by atoms with Crippen LogP contribution in [0.4, 0.5) is 0 Å². The van der Waals surface area contributed by atoms with Crippen molar-refractivity contribution in [3.63, 3.8) is 0 Å². The van der Waals surface area contributed by atoms with Gasteiger partial charge in [0.2, 0.25) is 0 Å². The molecule has 5 heteroatoms. The van der Waals surface area contributed by atoms with E-state index in [-0.39, 0.29) is 34.6 Å². The highest BCUT2D eigenvalue weighted by atomic mass is 16.5. The lowest BCUT2D eigenvalue weighted by molar-refractivity contribution is -0.175. The number of pyridine rings is 1. The Kier molecular flexibility index (Phi) is 5.51. The Labute approximate surface area is 197 Å². The molecule has 5 nitrogen and oxygen atoms in total. The van der Waals surface area contributed by atoms with E-state index < -0.39 is 5.60 Å². The fourth-order valence-electron chi connectivity index (χ4n) is 9.12. The Morgan fingerprint density at radius 2 is 1.88 bits per heavy atom. The number of ether oxygens (including phenoxy) is 1. The third-order valence-electron chi connectivity index (χ3n) is 10.9. The van der Waals surface area contributed by atoms with Crippen LogP contribution in [-0.4, -0.2) is 33.5 Å². The van der Waals surface area contributed by atoms with Crippen LogP contribution in [0.1, 0.15) is 89.4 Å². The van der Waals surface area contributed by atoms with Gasteiger partial charge in [-0.15, -0.1) is 0 Å². The molecule has 0 aromatic carbocycles. The van der Waals surface area contributed by atoms with E-state index in [1.54, 1.807) is 31.5 Å². The second-order valence-electron chi connectivity index (χ2n) is 12.1. The third-order valence-corrected chi connectivity index (χ3v) is 10.9. The highest BCUT2D eigenvalue weighted by Crippen LogP contribution is 2.69. The second-order valence-corrected chi connectivity index (χ2v) is 12.1. The lowest BCUT2D eigenvalue weighted by Crippen LogP contribution is -2.59. The van der Waals surface area contributed by atoms with Gasteiger partial charge < -0.3 is 9.84 Å². The number of rotatable bonds is 3. The molecule has 33 heavy (non-hydrogen) atoms. The first kappa shape index (κ1) is 23.0. The molecule has 4 aliphatic rings. The molecule has 0 bridgehead atoms. The average Bonchev–Trinajstić information content (AvgIpc) is 3.01. The first-order valence-corrected chi connectivity index (χ1v) is 13.0. The highest BCUT2D eigenvalue weighted by Gasteiger charge is 2.68. The molecule has 1 N–H and O–H groups in total. The number of ketones is 1. The molecule has 180 valence electrons. The summed E-state index contributed by atoms with van der Waals surface area (Å²) in [6.07, 6.45) is 11.5. The van der Waals surface area contributed by atoms with Gasteiger partial charge in [0, 0.05) is 17.8 Å². The average molecular weight is 454 g/mol. The van der Waals surface area contributed by atoms with Crippen molar-refractivity contribution in [3.05, 3.63) is 30.1 Å². The summed E-state index contributed by atoms with van der Waals surface area (Å²) in [4.78, 5) is 29.2. The summed E-state index contributed by atoms with van der Waals surface area (Å²) in [6, 6.07) is 3.53. The summed E-state index contributed by atoms with van der Waals surface area (Å²) in [6.45, 7) is 8.34. The number of aromatic nitrogens is 1.